The highest BCUT2D eigenvalue weighted by molar-refractivity contribution is 6.29. The quantitative estimate of drug-likeness (QED) is 0.856. The van der Waals surface area contributed by atoms with Crippen molar-refractivity contribution in [1.82, 2.24) is 9.97 Å². The van der Waals surface area contributed by atoms with Crippen molar-refractivity contribution in [3.05, 3.63) is 40.8 Å². The van der Waals surface area contributed by atoms with Gasteiger partial charge in [0.1, 0.15) is 11.0 Å². The summed E-state index contributed by atoms with van der Waals surface area (Å²) in [5, 5.41) is 9.47. The van der Waals surface area contributed by atoms with Crippen LogP contribution in [0, 0.1) is 0 Å². The van der Waals surface area contributed by atoms with Gasteiger partial charge < -0.3 is 14.6 Å². The summed E-state index contributed by atoms with van der Waals surface area (Å²) in [6.45, 7) is 3.89. The van der Waals surface area contributed by atoms with Crippen LogP contribution >= 0.6 is 11.6 Å². The molecule has 1 N–H and O–H groups in total. The van der Waals surface area contributed by atoms with Crippen molar-refractivity contribution < 1.29 is 14.6 Å². The Labute approximate surface area is 128 Å². The fraction of sp³-hybridized carbons (Fsp3) is 0.333. The van der Waals surface area contributed by atoms with Gasteiger partial charge in [-0.1, -0.05) is 31.5 Å². The summed E-state index contributed by atoms with van der Waals surface area (Å²) < 4.78 is 11.0. The van der Waals surface area contributed by atoms with Crippen molar-refractivity contribution in [2.75, 3.05) is 7.11 Å². The molecule has 0 bridgehead atoms. The molecule has 0 atom stereocenters. The molecular weight excluding hydrogens is 292 g/mol. The van der Waals surface area contributed by atoms with Gasteiger partial charge in [-0.2, -0.15) is 4.98 Å². The Morgan fingerprint density at radius 2 is 1.95 bits per heavy atom. The van der Waals surface area contributed by atoms with E-state index < -0.39 is 0 Å². The first-order valence-electron chi connectivity index (χ1n) is 6.53. The second kappa shape index (κ2) is 6.74. The van der Waals surface area contributed by atoms with Gasteiger partial charge in [-0.25, -0.2) is 4.98 Å². The molecule has 0 aliphatic rings. The Morgan fingerprint density at radius 3 is 2.57 bits per heavy atom. The average molecular weight is 309 g/mol. The molecule has 0 aliphatic heterocycles. The van der Waals surface area contributed by atoms with Gasteiger partial charge in [0.2, 0.25) is 5.88 Å². The van der Waals surface area contributed by atoms with Gasteiger partial charge in [0.15, 0.2) is 11.5 Å². The summed E-state index contributed by atoms with van der Waals surface area (Å²) in [5.41, 5.74) is 0.739. The maximum Gasteiger partial charge on any atom is 0.224 e. The lowest BCUT2D eigenvalue weighted by atomic mass is 10.2. The van der Waals surface area contributed by atoms with E-state index in [0.717, 1.165) is 5.56 Å². The van der Waals surface area contributed by atoms with E-state index in [4.69, 9.17) is 26.2 Å². The zero-order chi connectivity index (χ0) is 15.4. The third kappa shape index (κ3) is 3.83. The molecular formula is C15H17ClN2O3. The molecule has 5 nitrogen and oxygen atoms in total. The van der Waals surface area contributed by atoms with Crippen LogP contribution in [0.25, 0.3) is 0 Å². The van der Waals surface area contributed by atoms with E-state index in [9.17, 15) is 0 Å². The predicted octanol–water partition coefficient (Wildman–Crippen LogP) is 3.55. The van der Waals surface area contributed by atoms with E-state index in [2.05, 4.69) is 9.97 Å². The van der Waals surface area contributed by atoms with Gasteiger partial charge in [-0.05, 0) is 17.7 Å². The number of nitrogens with zero attached hydrogens (tertiary/aromatic N) is 2. The van der Waals surface area contributed by atoms with E-state index >= 15 is 0 Å². The van der Waals surface area contributed by atoms with Crippen LogP contribution in [0.3, 0.4) is 0 Å². The number of aliphatic hydroxyl groups excluding tert-OH is 1. The number of halogens is 1. The molecule has 0 saturated carbocycles. The number of aliphatic hydroxyl groups is 1. The SMILES string of the molecule is COc1cc(CO)ccc1Oc1cc(Cl)nc(C(C)C)n1. The van der Waals surface area contributed by atoms with Gasteiger partial charge in [0.05, 0.1) is 13.7 Å². The second-order valence-electron chi connectivity index (χ2n) is 4.79. The zero-order valence-corrected chi connectivity index (χ0v) is 12.9. The van der Waals surface area contributed by atoms with E-state index in [1.165, 1.54) is 7.11 Å². The molecule has 0 radical (unpaired) electrons. The van der Waals surface area contributed by atoms with Crippen LogP contribution < -0.4 is 9.47 Å². The molecule has 21 heavy (non-hydrogen) atoms. The van der Waals surface area contributed by atoms with Crippen molar-refractivity contribution in [1.29, 1.82) is 0 Å². The molecule has 0 amide bonds. The van der Waals surface area contributed by atoms with Crippen molar-refractivity contribution in [3.8, 4) is 17.4 Å². The lowest BCUT2D eigenvalue weighted by molar-refractivity contribution is 0.280. The number of benzene rings is 1. The van der Waals surface area contributed by atoms with Crippen molar-refractivity contribution in [2.24, 2.45) is 0 Å². The normalized spacial score (nSPS) is 10.8. The molecule has 0 aliphatic carbocycles. The largest absolute Gasteiger partial charge is 0.493 e. The highest BCUT2D eigenvalue weighted by atomic mass is 35.5. The summed E-state index contributed by atoms with van der Waals surface area (Å²) in [7, 11) is 1.54. The molecule has 2 rings (SSSR count). The number of ether oxygens (including phenoxy) is 2. The van der Waals surface area contributed by atoms with Crippen LogP contribution in [0.15, 0.2) is 24.3 Å². The Balaban J connectivity index is 2.33. The third-order valence-corrected chi connectivity index (χ3v) is 3.02. The highest BCUT2D eigenvalue weighted by Crippen LogP contribution is 2.32. The Bertz CT molecular complexity index is 632. The van der Waals surface area contributed by atoms with Gasteiger partial charge >= 0.3 is 0 Å². The third-order valence-electron chi connectivity index (χ3n) is 2.83. The average Bonchev–Trinajstić information content (AvgIpc) is 2.47. The van der Waals surface area contributed by atoms with Gasteiger partial charge in [-0.3, -0.25) is 0 Å². The lowest BCUT2D eigenvalue weighted by Crippen LogP contribution is -2.00. The van der Waals surface area contributed by atoms with E-state index in [1.807, 2.05) is 13.8 Å². The molecule has 1 heterocycles. The number of hydrogen-bond acceptors (Lipinski definition) is 5. The predicted molar refractivity (Wildman–Crippen MR) is 80.1 cm³/mol. The maximum atomic E-state index is 9.14. The van der Waals surface area contributed by atoms with Crippen molar-refractivity contribution >= 4 is 11.6 Å². The summed E-state index contributed by atoms with van der Waals surface area (Å²) >= 11 is 5.99. The minimum absolute atomic E-state index is 0.0620. The molecule has 2 aromatic rings. The van der Waals surface area contributed by atoms with Crippen LogP contribution in [-0.4, -0.2) is 22.2 Å². The number of rotatable bonds is 5. The minimum Gasteiger partial charge on any atom is -0.493 e. The van der Waals surface area contributed by atoms with Gasteiger partial charge in [0, 0.05) is 12.0 Å². The lowest BCUT2D eigenvalue weighted by Gasteiger charge is -2.12. The molecule has 1 aromatic heterocycles. The monoisotopic (exact) mass is 308 g/mol. The van der Waals surface area contributed by atoms with Crippen molar-refractivity contribution in [3.63, 3.8) is 0 Å². The topological polar surface area (TPSA) is 64.5 Å². The van der Waals surface area contributed by atoms with Crippen LogP contribution in [-0.2, 0) is 6.61 Å². The summed E-state index contributed by atoms with van der Waals surface area (Å²) in [4.78, 5) is 8.48. The molecule has 0 unspecified atom stereocenters. The molecule has 112 valence electrons. The van der Waals surface area contributed by atoms with E-state index in [-0.39, 0.29) is 12.5 Å². The molecule has 0 fully saturated rings. The first-order chi connectivity index (χ1) is 10.0. The summed E-state index contributed by atoms with van der Waals surface area (Å²) in [6.07, 6.45) is 0. The number of methoxy groups -OCH3 is 1. The standard InChI is InChI=1S/C15H17ClN2O3/c1-9(2)15-17-13(16)7-14(18-15)21-11-5-4-10(8-19)6-12(11)20-3/h4-7,9,19H,8H2,1-3H3. The second-order valence-corrected chi connectivity index (χ2v) is 5.17. The maximum absolute atomic E-state index is 9.14. The smallest absolute Gasteiger partial charge is 0.224 e. The summed E-state index contributed by atoms with van der Waals surface area (Å²) in [5.74, 6) is 2.13. The Hall–Kier alpha value is -1.85. The van der Waals surface area contributed by atoms with E-state index in [1.54, 1.807) is 24.3 Å². The zero-order valence-electron chi connectivity index (χ0n) is 12.1. The van der Waals surface area contributed by atoms with Crippen LogP contribution in [0.2, 0.25) is 5.15 Å². The minimum atomic E-state index is -0.0620. The number of aromatic nitrogens is 2. The van der Waals surface area contributed by atoms with Gasteiger partial charge in [0.25, 0.3) is 0 Å². The Kier molecular flexibility index (Phi) is 4.98. The fourth-order valence-electron chi connectivity index (χ4n) is 1.73. The fourth-order valence-corrected chi connectivity index (χ4v) is 1.91. The van der Waals surface area contributed by atoms with Crippen molar-refractivity contribution in [2.45, 2.75) is 26.4 Å². The van der Waals surface area contributed by atoms with Crippen LogP contribution in [0.4, 0.5) is 0 Å². The van der Waals surface area contributed by atoms with Gasteiger partial charge in [-0.15, -0.1) is 0 Å². The first-order valence-corrected chi connectivity index (χ1v) is 6.91. The van der Waals surface area contributed by atoms with Crippen LogP contribution in [0.5, 0.6) is 17.4 Å². The van der Waals surface area contributed by atoms with Crippen LogP contribution in [0.1, 0.15) is 31.2 Å². The first kappa shape index (κ1) is 15.5. The highest BCUT2D eigenvalue weighted by Gasteiger charge is 2.11. The molecule has 0 spiro atoms. The molecule has 0 saturated heterocycles. The number of hydrogen-bond donors (Lipinski definition) is 1. The molecule has 1 aromatic carbocycles. The van der Waals surface area contributed by atoms with E-state index in [0.29, 0.717) is 28.4 Å². The summed E-state index contributed by atoms with van der Waals surface area (Å²) in [6, 6.07) is 6.73. The Morgan fingerprint density at radius 1 is 1.19 bits per heavy atom. The molecule has 6 heteroatoms.